The first-order valence-corrected chi connectivity index (χ1v) is 8.86. The van der Waals surface area contributed by atoms with Gasteiger partial charge in [-0.2, -0.15) is 0 Å². The lowest BCUT2D eigenvalue weighted by atomic mass is 10.2. The van der Waals surface area contributed by atoms with E-state index in [1.165, 1.54) is 0 Å². The molecule has 0 saturated heterocycles. The Morgan fingerprint density at radius 1 is 1.11 bits per heavy atom. The third kappa shape index (κ3) is 4.15. The van der Waals surface area contributed by atoms with Crippen LogP contribution in [0.1, 0.15) is 0 Å². The normalized spacial score (nSPS) is 10.6. The molecular weight excluding hydrogens is 356 g/mol. The van der Waals surface area contributed by atoms with E-state index in [0.29, 0.717) is 36.4 Å². The van der Waals surface area contributed by atoms with Crippen molar-refractivity contribution < 1.29 is 13.9 Å². The van der Waals surface area contributed by atoms with E-state index >= 15 is 0 Å². The van der Waals surface area contributed by atoms with Gasteiger partial charge in [0.1, 0.15) is 6.61 Å². The SMILES string of the molecule is COc1cc(Nc2ncc(-c3ccccc3)o2)ccc1OCCn1ccnc1. The molecule has 2 aromatic carbocycles. The number of imidazole rings is 1. The molecule has 0 unspecified atom stereocenters. The van der Waals surface area contributed by atoms with Crippen LogP contribution in [0.5, 0.6) is 11.5 Å². The second-order valence-electron chi connectivity index (χ2n) is 6.04. The van der Waals surface area contributed by atoms with Crippen LogP contribution < -0.4 is 14.8 Å². The molecule has 0 radical (unpaired) electrons. The first-order valence-electron chi connectivity index (χ1n) is 8.86. The summed E-state index contributed by atoms with van der Waals surface area (Å²) in [6, 6.07) is 15.8. The summed E-state index contributed by atoms with van der Waals surface area (Å²) in [5, 5.41) is 3.15. The van der Waals surface area contributed by atoms with E-state index in [4.69, 9.17) is 13.9 Å². The van der Waals surface area contributed by atoms with Crippen LogP contribution in [0.4, 0.5) is 11.7 Å². The van der Waals surface area contributed by atoms with Gasteiger partial charge in [0.2, 0.25) is 0 Å². The van der Waals surface area contributed by atoms with E-state index in [1.807, 2.05) is 59.3 Å². The number of oxazole rings is 1. The number of nitrogens with one attached hydrogen (secondary N) is 1. The van der Waals surface area contributed by atoms with Gasteiger partial charge in [-0.3, -0.25) is 0 Å². The van der Waals surface area contributed by atoms with Crippen LogP contribution in [0.15, 0.2) is 77.9 Å². The van der Waals surface area contributed by atoms with E-state index in [0.717, 1.165) is 11.3 Å². The molecule has 4 aromatic rings. The van der Waals surface area contributed by atoms with Crippen molar-refractivity contribution in [2.75, 3.05) is 19.0 Å². The molecule has 4 rings (SSSR count). The molecule has 0 aliphatic rings. The van der Waals surface area contributed by atoms with Crippen molar-refractivity contribution in [2.45, 2.75) is 6.54 Å². The number of nitrogens with zero attached hydrogens (tertiary/aromatic N) is 3. The van der Waals surface area contributed by atoms with Gasteiger partial charge in [0, 0.05) is 29.7 Å². The highest BCUT2D eigenvalue weighted by Crippen LogP contribution is 2.32. The number of hydrogen-bond acceptors (Lipinski definition) is 6. The summed E-state index contributed by atoms with van der Waals surface area (Å²) in [6.07, 6.45) is 7.09. The van der Waals surface area contributed by atoms with Gasteiger partial charge >= 0.3 is 0 Å². The quantitative estimate of drug-likeness (QED) is 0.492. The zero-order valence-electron chi connectivity index (χ0n) is 15.4. The zero-order valence-corrected chi connectivity index (χ0v) is 15.4. The van der Waals surface area contributed by atoms with Crippen LogP contribution in [0, 0.1) is 0 Å². The van der Waals surface area contributed by atoms with Crippen LogP contribution in [0.3, 0.4) is 0 Å². The van der Waals surface area contributed by atoms with Crippen molar-refractivity contribution in [3.63, 3.8) is 0 Å². The predicted molar refractivity (Wildman–Crippen MR) is 106 cm³/mol. The average molecular weight is 376 g/mol. The number of methoxy groups -OCH3 is 1. The Hall–Kier alpha value is -3.74. The van der Waals surface area contributed by atoms with Gasteiger partial charge in [-0.05, 0) is 12.1 Å². The van der Waals surface area contributed by atoms with Gasteiger partial charge in [-0.15, -0.1) is 0 Å². The van der Waals surface area contributed by atoms with E-state index in [1.54, 1.807) is 25.8 Å². The maximum atomic E-state index is 5.83. The number of aromatic nitrogens is 3. The number of ether oxygens (including phenoxy) is 2. The molecule has 1 N–H and O–H groups in total. The highest BCUT2D eigenvalue weighted by Gasteiger charge is 2.10. The van der Waals surface area contributed by atoms with Gasteiger partial charge in [-0.25, -0.2) is 9.97 Å². The summed E-state index contributed by atoms with van der Waals surface area (Å²) < 4.78 is 19.0. The Morgan fingerprint density at radius 3 is 2.79 bits per heavy atom. The second kappa shape index (κ2) is 8.30. The Morgan fingerprint density at radius 2 is 2.00 bits per heavy atom. The third-order valence-electron chi connectivity index (χ3n) is 4.15. The number of anilines is 2. The standard InChI is InChI=1S/C21H20N4O3/c1-26-19-13-17(7-8-18(19)27-12-11-25-10-9-22-15-25)24-21-23-14-20(28-21)16-5-3-2-4-6-16/h2-10,13-15H,11-12H2,1H3,(H,23,24). The molecule has 7 heteroatoms. The minimum atomic E-state index is 0.412. The van der Waals surface area contributed by atoms with Crippen LogP contribution in [0.25, 0.3) is 11.3 Å². The maximum absolute atomic E-state index is 5.83. The molecule has 0 saturated carbocycles. The lowest BCUT2D eigenvalue weighted by Crippen LogP contribution is -2.07. The highest BCUT2D eigenvalue weighted by molar-refractivity contribution is 5.62. The molecule has 142 valence electrons. The highest BCUT2D eigenvalue weighted by atomic mass is 16.5. The Bertz CT molecular complexity index is 1010. The molecule has 0 bridgehead atoms. The van der Waals surface area contributed by atoms with Crippen LogP contribution in [0.2, 0.25) is 0 Å². The van der Waals surface area contributed by atoms with E-state index in [9.17, 15) is 0 Å². The summed E-state index contributed by atoms with van der Waals surface area (Å²) >= 11 is 0. The topological polar surface area (TPSA) is 74.3 Å². The summed E-state index contributed by atoms with van der Waals surface area (Å²) in [5.41, 5.74) is 1.77. The van der Waals surface area contributed by atoms with Gasteiger partial charge in [0.25, 0.3) is 6.01 Å². The van der Waals surface area contributed by atoms with Crippen LogP contribution in [-0.2, 0) is 6.54 Å². The smallest absolute Gasteiger partial charge is 0.299 e. The van der Waals surface area contributed by atoms with Gasteiger partial charge in [0.15, 0.2) is 17.3 Å². The molecule has 7 nitrogen and oxygen atoms in total. The zero-order chi connectivity index (χ0) is 19.2. The fraction of sp³-hybridized carbons (Fsp3) is 0.143. The van der Waals surface area contributed by atoms with Crippen molar-refractivity contribution >= 4 is 11.7 Å². The van der Waals surface area contributed by atoms with Crippen molar-refractivity contribution in [3.8, 4) is 22.8 Å². The average Bonchev–Trinajstić information content (AvgIpc) is 3.42. The van der Waals surface area contributed by atoms with Crippen LogP contribution >= 0.6 is 0 Å². The largest absolute Gasteiger partial charge is 0.493 e. The van der Waals surface area contributed by atoms with Gasteiger partial charge in [-0.1, -0.05) is 30.3 Å². The molecule has 2 heterocycles. The molecule has 0 fully saturated rings. The summed E-state index contributed by atoms with van der Waals surface area (Å²) in [6.45, 7) is 1.22. The molecule has 0 amide bonds. The first kappa shape index (κ1) is 17.7. The molecule has 0 spiro atoms. The summed E-state index contributed by atoms with van der Waals surface area (Å²) in [5.74, 6) is 2.01. The minimum absolute atomic E-state index is 0.412. The molecule has 0 aliphatic heterocycles. The molecule has 2 aromatic heterocycles. The maximum Gasteiger partial charge on any atom is 0.299 e. The Kier molecular flexibility index (Phi) is 5.24. The van der Waals surface area contributed by atoms with E-state index < -0.39 is 0 Å². The van der Waals surface area contributed by atoms with Crippen molar-refractivity contribution in [2.24, 2.45) is 0 Å². The number of benzene rings is 2. The lowest BCUT2D eigenvalue weighted by molar-refractivity contribution is 0.280. The fourth-order valence-electron chi connectivity index (χ4n) is 2.74. The first-order chi connectivity index (χ1) is 13.8. The van der Waals surface area contributed by atoms with Crippen molar-refractivity contribution in [1.29, 1.82) is 0 Å². The lowest BCUT2D eigenvalue weighted by Gasteiger charge is -2.12. The molecule has 0 aliphatic carbocycles. The van der Waals surface area contributed by atoms with E-state index in [-0.39, 0.29) is 0 Å². The monoisotopic (exact) mass is 376 g/mol. The van der Waals surface area contributed by atoms with Crippen LogP contribution in [-0.4, -0.2) is 28.3 Å². The Labute approximate surface area is 162 Å². The van der Waals surface area contributed by atoms with Gasteiger partial charge < -0.3 is 23.8 Å². The fourth-order valence-corrected chi connectivity index (χ4v) is 2.74. The second-order valence-corrected chi connectivity index (χ2v) is 6.04. The minimum Gasteiger partial charge on any atom is -0.493 e. The summed E-state index contributed by atoms with van der Waals surface area (Å²) in [4.78, 5) is 8.30. The van der Waals surface area contributed by atoms with Gasteiger partial charge in [0.05, 0.1) is 26.2 Å². The third-order valence-corrected chi connectivity index (χ3v) is 4.15. The molecule has 0 atom stereocenters. The molecular formula is C21H20N4O3. The van der Waals surface area contributed by atoms with E-state index in [2.05, 4.69) is 15.3 Å². The van der Waals surface area contributed by atoms with Crippen molar-refractivity contribution in [1.82, 2.24) is 14.5 Å². The number of rotatable bonds is 8. The predicted octanol–water partition coefficient (Wildman–Crippen LogP) is 4.37. The van der Waals surface area contributed by atoms with Crippen molar-refractivity contribution in [3.05, 3.63) is 73.4 Å². The number of hydrogen-bond donors (Lipinski definition) is 1. The Balaban J connectivity index is 1.42. The summed E-state index contributed by atoms with van der Waals surface area (Å²) in [7, 11) is 1.61. The molecule has 28 heavy (non-hydrogen) atoms.